The molecule has 2 aromatic carbocycles. The summed E-state index contributed by atoms with van der Waals surface area (Å²) in [4.78, 5) is 19.8. The van der Waals surface area contributed by atoms with Gasteiger partial charge in [-0.1, -0.05) is 18.2 Å². The number of fused-ring (bicyclic) bond motifs is 2. The molecule has 0 radical (unpaired) electrons. The molecule has 7 nitrogen and oxygen atoms in total. The van der Waals surface area contributed by atoms with E-state index in [1.165, 1.54) is 0 Å². The quantitative estimate of drug-likeness (QED) is 0.374. The van der Waals surface area contributed by atoms with Crippen LogP contribution in [0.1, 0.15) is 0 Å². The van der Waals surface area contributed by atoms with E-state index in [0.29, 0.717) is 33.6 Å². The summed E-state index contributed by atoms with van der Waals surface area (Å²) < 4.78 is 11.7. The average Bonchev–Trinajstić information content (AvgIpc) is 2.79. The molecule has 1 fully saturated rings. The van der Waals surface area contributed by atoms with Gasteiger partial charge in [0.05, 0.1) is 24.3 Å². The Morgan fingerprint density at radius 3 is 2.58 bits per heavy atom. The summed E-state index contributed by atoms with van der Waals surface area (Å²) in [5.74, 6) is 0.545. The minimum absolute atomic E-state index is 0. The molecule has 160 valence electrons. The Hall–Kier alpha value is -3.29. The van der Waals surface area contributed by atoms with E-state index in [9.17, 15) is 4.79 Å². The van der Waals surface area contributed by atoms with Gasteiger partial charge >= 0.3 is 0 Å². The molecular formula is C23H23ClN4O3. The molecule has 3 heterocycles. The normalized spacial score (nSPS) is 13.9. The fourth-order valence-corrected chi connectivity index (χ4v) is 4.03. The smallest absolute Gasteiger partial charge is 0.221 e. The second kappa shape index (κ2) is 8.45. The number of anilines is 2. The molecule has 8 heteroatoms. The van der Waals surface area contributed by atoms with Gasteiger partial charge in [-0.05, 0) is 29.8 Å². The number of piperazine rings is 1. The van der Waals surface area contributed by atoms with E-state index in [1.807, 2.05) is 12.1 Å². The molecule has 0 atom stereocenters. The lowest BCUT2D eigenvalue weighted by molar-refractivity contribution is 0.414. The Kier molecular flexibility index (Phi) is 5.71. The highest BCUT2D eigenvalue weighted by Crippen LogP contribution is 2.37. The second-order valence-electron chi connectivity index (χ2n) is 7.31. The zero-order valence-corrected chi connectivity index (χ0v) is 17.9. The van der Waals surface area contributed by atoms with E-state index in [1.54, 1.807) is 31.5 Å². The van der Waals surface area contributed by atoms with Crippen molar-refractivity contribution in [2.45, 2.75) is 0 Å². The second-order valence-corrected chi connectivity index (χ2v) is 7.31. The molecule has 1 aliphatic heterocycles. The van der Waals surface area contributed by atoms with E-state index in [-0.39, 0.29) is 23.4 Å². The van der Waals surface area contributed by atoms with Crippen LogP contribution in [0.2, 0.25) is 0 Å². The Morgan fingerprint density at radius 2 is 1.87 bits per heavy atom. The van der Waals surface area contributed by atoms with E-state index < -0.39 is 0 Å². The molecular weight excluding hydrogens is 416 g/mol. The molecule has 2 aromatic heterocycles. The first-order valence-electron chi connectivity index (χ1n) is 9.91. The van der Waals surface area contributed by atoms with Crippen LogP contribution in [0.25, 0.3) is 33.2 Å². The molecule has 0 saturated carbocycles. The fourth-order valence-electron chi connectivity index (χ4n) is 4.03. The van der Waals surface area contributed by atoms with E-state index in [2.05, 4.69) is 27.3 Å². The molecule has 0 bridgehead atoms. The fraction of sp³-hybridized carbons (Fsp3) is 0.217. The lowest BCUT2D eigenvalue weighted by atomic mass is 10.0. The summed E-state index contributed by atoms with van der Waals surface area (Å²) in [6.07, 6.45) is 1.56. The highest BCUT2D eigenvalue weighted by atomic mass is 35.5. The maximum Gasteiger partial charge on any atom is 0.221 e. The van der Waals surface area contributed by atoms with Crippen LogP contribution in [0, 0.1) is 0 Å². The molecule has 5 rings (SSSR count). The number of nitrogen functional groups attached to an aromatic ring is 1. The van der Waals surface area contributed by atoms with Gasteiger partial charge in [0.1, 0.15) is 11.3 Å². The predicted octanol–water partition coefficient (Wildman–Crippen LogP) is 3.43. The van der Waals surface area contributed by atoms with Crippen molar-refractivity contribution in [3.8, 4) is 16.9 Å². The minimum Gasteiger partial charge on any atom is -0.494 e. The third-order valence-corrected chi connectivity index (χ3v) is 5.57. The van der Waals surface area contributed by atoms with Gasteiger partial charge in [-0.3, -0.25) is 4.79 Å². The Morgan fingerprint density at radius 1 is 1.13 bits per heavy atom. The third-order valence-electron chi connectivity index (χ3n) is 5.57. The van der Waals surface area contributed by atoms with Gasteiger partial charge < -0.3 is 25.1 Å². The van der Waals surface area contributed by atoms with Crippen molar-refractivity contribution in [1.82, 2.24) is 10.3 Å². The summed E-state index contributed by atoms with van der Waals surface area (Å²) in [5, 5.41) is 3.71. The topological polar surface area (TPSA) is 93.6 Å². The van der Waals surface area contributed by atoms with Crippen LogP contribution in [0.15, 0.2) is 57.9 Å². The number of ether oxygens (including phenoxy) is 1. The van der Waals surface area contributed by atoms with Gasteiger partial charge in [-0.15, -0.1) is 12.4 Å². The van der Waals surface area contributed by atoms with E-state index in [0.717, 1.165) is 37.4 Å². The number of nitrogens with two attached hydrogens (primary N) is 1. The molecule has 0 amide bonds. The lowest BCUT2D eigenvalue weighted by Gasteiger charge is -2.29. The van der Waals surface area contributed by atoms with Gasteiger partial charge in [0.25, 0.3) is 0 Å². The Bertz CT molecular complexity index is 1300. The summed E-state index contributed by atoms with van der Waals surface area (Å²) >= 11 is 0. The zero-order chi connectivity index (χ0) is 20.7. The van der Waals surface area contributed by atoms with Crippen LogP contribution in [0.5, 0.6) is 5.75 Å². The number of nitrogens with zero attached hydrogens (tertiary/aromatic N) is 2. The maximum absolute atomic E-state index is 13.1. The van der Waals surface area contributed by atoms with Crippen LogP contribution < -0.4 is 26.1 Å². The Labute approximate surface area is 185 Å². The van der Waals surface area contributed by atoms with Crippen molar-refractivity contribution < 1.29 is 9.15 Å². The van der Waals surface area contributed by atoms with Crippen molar-refractivity contribution in [1.29, 1.82) is 0 Å². The SMILES string of the molecule is COc1cnc2c(=O)c3c(N)cccc3oc2c1-c1ccc(N2CCNCC2)cc1.Cl. The van der Waals surface area contributed by atoms with Crippen LogP contribution in [-0.2, 0) is 0 Å². The van der Waals surface area contributed by atoms with E-state index >= 15 is 0 Å². The number of rotatable bonds is 3. The number of pyridine rings is 1. The van der Waals surface area contributed by atoms with Gasteiger partial charge in [-0.25, -0.2) is 4.98 Å². The number of hydrogen-bond donors (Lipinski definition) is 2. The van der Waals surface area contributed by atoms with Crippen molar-refractivity contribution in [3.05, 3.63) is 58.9 Å². The van der Waals surface area contributed by atoms with Crippen LogP contribution in [-0.4, -0.2) is 38.3 Å². The van der Waals surface area contributed by atoms with Gasteiger partial charge in [-0.2, -0.15) is 0 Å². The van der Waals surface area contributed by atoms with Crippen molar-refractivity contribution in [2.24, 2.45) is 0 Å². The maximum atomic E-state index is 13.1. The van der Waals surface area contributed by atoms with Crippen molar-refractivity contribution in [3.63, 3.8) is 0 Å². The molecule has 31 heavy (non-hydrogen) atoms. The number of halogens is 1. The van der Waals surface area contributed by atoms with Crippen LogP contribution >= 0.6 is 12.4 Å². The monoisotopic (exact) mass is 438 g/mol. The summed E-state index contributed by atoms with van der Waals surface area (Å²) in [6, 6.07) is 13.4. The molecule has 0 spiro atoms. The zero-order valence-electron chi connectivity index (χ0n) is 17.1. The standard InChI is InChI=1S/C23H22N4O3.ClH/c1-29-18-13-26-21-22(28)20-16(24)3-2-4-17(20)30-23(21)19(18)14-5-7-15(8-6-14)27-11-9-25-10-12-27;/h2-8,13,25H,9-12,24H2,1H3;1H. The van der Waals surface area contributed by atoms with Gasteiger partial charge in [0.2, 0.25) is 5.43 Å². The minimum atomic E-state index is -0.245. The first-order chi connectivity index (χ1) is 14.7. The van der Waals surface area contributed by atoms with Gasteiger partial charge in [0.15, 0.2) is 11.1 Å². The summed E-state index contributed by atoms with van der Waals surface area (Å²) in [6.45, 7) is 3.91. The first kappa shape index (κ1) is 21.0. The summed E-state index contributed by atoms with van der Waals surface area (Å²) in [7, 11) is 1.58. The highest BCUT2D eigenvalue weighted by molar-refractivity contribution is 6.00. The number of nitrogens with one attached hydrogen (secondary N) is 1. The van der Waals surface area contributed by atoms with Crippen molar-refractivity contribution >= 4 is 45.9 Å². The number of methoxy groups -OCH3 is 1. The van der Waals surface area contributed by atoms with Gasteiger partial charge in [0, 0.05) is 37.6 Å². The number of aromatic nitrogens is 1. The largest absolute Gasteiger partial charge is 0.494 e. The highest BCUT2D eigenvalue weighted by Gasteiger charge is 2.19. The predicted molar refractivity (Wildman–Crippen MR) is 127 cm³/mol. The number of hydrogen-bond acceptors (Lipinski definition) is 7. The first-order valence-corrected chi connectivity index (χ1v) is 9.91. The lowest BCUT2D eigenvalue weighted by Crippen LogP contribution is -2.43. The molecule has 4 aromatic rings. The average molecular weight is 439 g/mol. The number of benzene rings is 2. The van der Waals surface area contributed by atoms with E-state index in [4.69, 9.17) is 14.9 Å². The Balaban J connectivity index is 0.00000231. The molecule has 1 aliphatic rings. The molecule has 1 saturated heterocycles. The van der Waals surface area contributed by atoms with Crippen molar-refractivity contribution in [2.75, 3.05) is 43.9 Å². The summed E-state index contributed by atoms with van der Waals surface area (Å²) in [5.41, 5.74) is 9.98. The van der Waals surface area contributed by atoms with Crippen LogP contribution in [0.4, 0.5) is 11.4 Å². The third kappa shape index (κ3) is 3.56. The molecule has 3 N–H and O–H groups in total. The molecule has 0 aliphatic carbocycles. The van der Waals surface area contributed by atoms with Crippen LogP contribution in [0.3, 0.4) is 0 Å². The molecule has 0 unspecified atom stereocenters.